The van der Waals surface area contributed by atoms with Crippen molar-refractivity contribution in [3.05, 3.63) is 64.5 Å². The van der Waals surface area contributed by atoms with Gasteiger partial charge in [0.2, 0.25) is 0 Å². The summed E-state index contributed by atoms with van der Waals surface area (Å²) in [7, 11) is 0. The molecule has 0 radical (unpaired) electrons. The second kappa shape index (κ2) is 5.43. The number of carbonyl (C=O) groups is 1. The van der Waals surface area contributed by atoms with E-state index in [0.717, 1.165) is 24.2 Å². The van der Waals surface area contributed by atoms with E-state index in [4.69, 9.17) is 0 Å². The minimum atomic E-state index is -0.0835. The molecular weight excluding hydrogens is 250 g/mol. The highest BCUT2D eigenvalue weighted by Gasteiger charge is 2.11. The first kappa shape index (κ1) is 12.8. The molecule has 0 saturated carbocycles. The standard InChI is InChI=1S/C16H17N3O/c1-11-4-15(10-17-6-11)16(20)19-7-12-2-3-13-8-18-9-14(13)5-12/h2-6,10,18H,7-9H2,1H3,(H,19,20). The van der Waals surface area contributed by atoms with Gasteiger partial charge < -0.3 is 10.6 Å². The van der Waals surface area contributed by atoms with Crippen LogP contribution in [0.2, 0.25) is 0 Å². The molecule has 1 aromatic carbocycles. The van der Waals surface area contributed by atoms with E-state index in [-0.39, 0.29) is 5.91 Å². The van der Waals surface area contributed by atoms with Crippen LogP contribution in [-0.2, 0) is 19.6 Å². The van der Waals surface area contributed by atoms with Crippen LogP contribution in [0.15, 0.2) is 36.7 Å². The lowest BCUT2D eigenvalue weighted by atomic mass is 10.1. The summed E-state index contributed by atoms with van der Waals surface area (Å²) in [4.78, 5) is 16.1. The van der Waals surface area contributed by atoms with E-state index in [1.165, 1.54) is 11.1 Å². The Morgan fingerprint density at radius 2 is 2.10 bits per heavy atom. The van der Waals surface area contributed by atoms with E-state index in [9.17, 15) is 4.79 Å². The van der Waals surface area contributed by atoms with Crippen LogP contribution in [-0.4, -0.2) is 10.9 Å². The van der Waals surface area contributed by atoms with Gasteiger partial charge in [-0.2, -0.15) is 0 Å². The number of pyridine rings is 1. The first-order chi connectivity index (χ1) is 9.72. The van der Waals surface area contributed by atoms with Crippen LogP contribution in [0.3, 0.4) is 0 Å². The number of carbonyl (C=O) groups excluding carboxylic acids is 1. The molecular formula is C16H17N3O. The molecule has 0 bridgehead atoms. The molecule has 2 N–H and O–H groups in total. The van der Waals surface area contributed by atoms with Crippen LogP contribution in [0.4, 0.5) is 0 Å². The van der Waals surface area contributed by atoms with Crippen molar-refractivity contribution < 1.29 is 4.79 Å². The zero-order valence-electron chi connectivity index (χ0n) is 11.4. The minimum absolute atomic E-state index is 0.0835. The van der Waals surface area contributed by atoms with Gasteiger partial charge in [-0.1, -0.05) is 18.2 Å². The monoisotopic (exact) mass is 267 g/mol. The molecule has 1 aromatic heterocycles. The van der Waals surface area contributed by atoms with Crippen LogP contribution < -0.4 is 10.6 Å². The summed E-state index contributed by atoms with van der Waals surface area (Å²) in [6, 6.07) is 8.20. The maximum Gasteiger partial charge on any atom is 0.253 e. The zero-order valence-corrected chi connectivity index (χ0v) is 11.4. The van der Waals surface area contributed by atoms with Gasteiger partial charge in [0, 0.05) is 32.0 Å². The van der Waals surface area contributed by atoms with Crippen LogP contribution in [0.5, 0.6) is 0 Å². The molecule has 0 aliphatic carbocycles. The minimum Gasteiger partial charge on any atom is -0.348 e. The number of hydrogen-bond acceptors (Lipinski definition) is 3. The van der Waals surface area contributed by atoms with E-state index < -0.39 is 0 Å². The van der Waals surface area contributed by atoms with Crippen molar-refractivity contribution in [2.75, 3.05) is 0 Å². The van der Waals surface area contributed by atoms with E-state index in [2.05, 4.69) is 33.8 Å². The Balaban J connectivity index is 1.66. The Hall–Kier alpha value is -2.20. The van der Waals surface area contributed by atoms with Gasteiger partial charge in [0.1, 0.15) is 0 Å². The van der Waals surface area contributed by atoms with Gasteiger partial charge in [0.15, 0.2) is 0 Å². The molecule has 0 fully saturated rings. The SMILES string of the molecule is Cc1cncc(C(=O)NCc2ccc3c(c2)CNC3)c1. The number of fused-ring (bicyclic) bond motifs is 1. The Labute approximate surface area is 118 Å². The molecule has 102 valence electrons. The third-order valence-corrected chi connectivity index (χ3v) is 3.49. The van der Waals surface area contributed by atoms with Crippen molar-refractivity contribution in [1.29, 1.82) is 0 Å². The van der Waals surface area contributed by atoms with Crippen LogP contribution in [0.1, 0.15) is 32.6 Å². The smallest absolute Gasteiger partial charge is 0.253 e. The number of hydrogen-bond donors (Lipinski definition) is 2. The van der Waals surface area contributed by atoms with Crippen molar-refractivity contribution in [2.24, 2.45) is 0 Å². The van der Waals surface area contributed by atoms with Crippen LogP contribution >= 0.6 is 0 Å². The number of nitrogens with zero attached hydrogens (tertiary/aromatic N) is 1. The Morgan fingerprint density at radius 3 is 2.95 bits per heavy atom. The third-order valence-electron chi connectivity index (χ3n) is 3.49. The zero-order chi connectivity index (χ0) is 13.9. The quantitative estimate of drug-likeness (QED) is 0.893. The van der Waals surface area contributed by atoms with Gasteiger partial charge in [-0.15, -0.1) is 0 Å². The molecule has 4 heteroatoms. The maximum absolute atomic E-state index is 12.0. The highest BCUT2D eigenvalue weighted by molar-refractivity contribution is 5.93. The number of rotatable bonds is 3. The summed E-state index contributed by atoms with van der Waals surface area (Å²) in [6.07, 6.45) is 3.33. The second-order valence-corrected chi connectivity index (χ2v) is 5.14. The lowest BCUT2D eigenvalue weighted by molar-refractivity contribution is 0.0950. The summed E-state index contributed by atoms with van der Waals surface area (Å²) in [5.41, 5.74) is 5.40. The summed E-state index contributed by atoms with van der Waals surface area (Å²) in [5, 5.41) is 6.25. The summed E-state index contributed by atoms with van der Waals surface area (Å²) in [6.45, 7) is 4.33. The van der Waals surface area contributed by atoms with Crippen molar-refractivity contribution in [1.82, 2.24) is 15.6 Å². The average molecular weight is 267 g/mol. The largest absolute Gasteiger partial charge is 0.348 e. The fraction of sp³-hybridized carbons (Fsp3) is 0.250. The first-order valence-electron chi connectivity index (χ1n) is 6.73. The summed E-state index contributed by atoms with van der Waals surface area (Å²) >= 11 is 0. The van der Waals surface area contributed by atoms with Gasteiger partial charge in [-0.05, 0) is 35.2 Å². The molecule has 0 spiro atoms. The molecule has 0 saturated heterocycles. The summed E-state index contributed by atoms with van der Waals surface area (Å²) < 4.78 is 0. The van der Waals surface area contributed by atoms with Gasteiger partial charge in [-0.3, -0.25) is 9.78 Å². The molecule has 3 rings (SSSR count). The predicted octanol–water partition coefficient (Wildman–Crippen LogP) is 1.92. The summed E-state index contributed by atoms with van der Waals surface area (Å²) in [5.74, 6) is -0.0835. The van der Waals surface area contributed by atoms with E-state index in [1.54, 1.807) is 12.4 Å². The second-order valence-electron chi connectivity index (χ2n) is 5.14. The van der Waals surface area contributed by atoms with Gasteiger partial charge in [0.25, 0.3) is 5.91 Å². The lowest BCUT2D eigenvalue weighted by Gasteiger charge is -2.07. The Bertz CT molecular complexity index is 652. The molecule has 20 heavy (non-hydrogen) atoms. The molecule has 2 heterocycles. The third kappa shape index (κ3) is 2.70. The van der Waals surface area contributed by atoms with Crippen molar-refractivity contribution in [3.8, 4) is 0 Å². The highest BCUT2D eigenvalue weighted by Crippen LogP contribution is 2.17. The fourth-order valence-electron chi connectivity index (χ4n) is 2.42. The van der Waals surface area contributed by atoms with E-state index in [0.29, 0.717) is 12.1 Å². The topological polar surface area (TPSA) is 54.0 Å². The van der Waals surface area contributed by atoms with Gasteiger partial charge in [0.05, 0.1) is 5.56 Å². The number of aromatic nitrogens is 1. The predicted molar refractivity (Wildman–Crippen MR) is 77.1 cm³/mol. The molecule has 2 aromatic rings. The molecule has 1 aliphatic heterocycles. The Morgan fingerprint density at radius 1 is 1.25 bits per heavy atom. The lowest BCUT2D eigenvalue weighted by Crippen LogP contribution is -2.23. The fourth-order valence-corrected chi connectivity index (χ4v) is 2.42. The number of nitrogens with one attached hydrogen (secondary N) is 2. The van der Waals surface area contributed by atoms with Crippen LogP contribution in [0.25, 0.3) is 0 Å². The number of amides is 1. The normalized spacial score (nSPS) is 13.1. The highest BCUT2D eigenvalue weighted by atomic mass is 16.1. The van der Waals surface area contributed by atoms with Gasteiger partial charge >= 0.3 is 0 Å². The Kier molecular flexibility index (Phi) is 3.48. The number of aryl methyl sites for hydroxylation is 1. The maximum atomic E-state index is 12.0. The van der Waals surface area contributed by atoms with Gasteiger partial charge in [-0.25, -0.2) is 0 Å². The number of benzene rings is 1. The average Bonchev–Trinajstić information content (AvgIpc) is 2.92. The molecule has 4 nitrogen and oxygen atoms in total. The van der Waals surface area contributed by atoms with Crippen molar-refractivity contribution in [2.45, 2.75) is 26.6 Å². The van der Waals surface area contributed by atoms with Crippen LogP contribution in [0, 0.1) is 6.92 Å². The molecule has 1 amide bonds. The van der Waals surface area contributed by atoms with Crippen molar-refractivity contribution in [3.63, 3.8) is 0 Å². The van der Waals surface area contributed by atoms with E-state index >= 15 is 0 Å². The molecule has 0 unspecified atom stereocenters. The molecule has 1 aliphatic rings. The molecule has 0 atom stereocenters. The first-order valence-corrected chi connectivity index (χ1v) is 6.73. The van der Waals surface area contributed by atoms with Crippen molar-refractivity contribution >= 4 is 5.91 Å². The van der Waals surface area contributed by atoms with E-state index in [1.807, 2.05) is 13.0 Å².